The van der Waals surface area contributed by atoms with Gasteiger partial charge in [-0.2, -0.15) is 5.26 Å². The highest BCUT2D eigenvalue weighted by atomic mass is 14.9. The molecule has 0 aliphatic heterocycles. The van der Waals surface area contributed by atoms with Gasteiger partial charge in [0.25, 0.3) is 0 Å². The summed E-state index contributed by atoms with van der Waals surface area (Å²) < 4.78 is 0. The van der Waals surface area contributed by atoms with Crippen LogP contribution >= 0.6 is 0 Å². The second-order valence-corrected chi connectivity index (χ2v) is 4.83. The highest BCUT2D eigenvalue weighted by Gasteiger charge is 2.20. The molecule has 0 saturated heterocycles. The van der Waals surface area contributed by atoms with Gasteiger partial charge in [0, 0.05) is 6.04 Å². The van der Waals surface area contributed by atoms with Crippen molar-refractivity contribution in [2.24, 2.45) is 5.92 Å². The second kappa shape index (κ2) is 5.67. The number of anilines is 1. The van der Waals surface area contributed by atoms with E-state index in [-0.39, 0.29) is 0 Å². The van der Waals surface area contributed by atoms with Gasteiger partial charge in [0.1, 0.15) is 11.8 Å². The van der Waals surface area contributed by atoms with Crippen LogP contribution in [0.1, 0.15) is 44.7 Å². The lowest BCUT2D eigenvalue weighted by Crippen LogP contribution is -2.27. The average Bonchev–Trinajstić information content (AvgIpc) is 2.40. The van der Waals surface area contributed by atoms with Gasteiger partial charge in [-0.15, -0.1) is 0 Å². The summed E-state index contributed by atoms with van der Waals surface area (Å²) >= 11 is 0. The number of nitrogens with zero attached hydrogens (tertiary/aromatic N) is 2. The van der Waals surface area contributed by atoms with Crippen molar-refractivity contribution >= 4 is 5.69 Å². The minimum Gasteiger partial charge on any atom is -0.381 e. The number of rotatable bonds is 3. The average molecular weight is 229 g/mol. The summed E-state index contributed by atoms with van der Waals surface area (Å²) in [6, 6.07) is 6.32. The fourth-order valence-electron chi connectivity index (χ4n) is 2.57. The van der Waals surface area contributed by atoms with Gasteiger partial charge in [0.2, 0.25) is 0 Å². The molecule has 3 heteroatoms. The molecule has 1 aromatic heterocycles. The molecule has 0 spiro atoms. The molecule has 0 radical (unpaired) electrons. The Labute approximate surface area is 103 Å². The first-order valence-corrected chi connectivity index (χ1v) is 6.44. The number of hydrogen-bond donors (Lipinski definition) is 1. The SMILES string of the molecule is CCC1CCCC(Nc2ccc(C#N)nc2)C1. The highest BCUT2D eigenvalue weighted by molar-refractivity contribution is 5.43. The van der Waals surface area contributed by atoms with Crippen molar-refractivity contribution in [2.75, 3.05) is 5.32 Å². The Morgan fingerprint density at radius 3 is 3.00 bits per heavy atom. The zero-order valence-electron chi connectivity index (χ0n) is 10.3. The first-order valence-electron chi connectivity index (χ1n) is 6.44. The molecule has 0 bridgehead atoms. The van der Waals surface area contributed by atoms with Gasteiger partial charge >= 0.3 is 0 Å². The highest BCUT2D eigenvalue weighted by Crippen LogP contribution is 2.28. The summed E-state index contributed by atoms with van der Waals surface area (Å²) in [5.41, 5.74) is 1.51. The summed E-state index contributed by atoms with van der Waals surface area (Å²) in [4.78, 5) is 4.08. The minimum atomic E-state index is 0.477. The molecule has 90 valence electrons. The first-order chi connectivity index (χ1) is 8.31. The topological polar surface area (TPSA) is 48.7 Å². The predicted molar refractivity (Wildman–Crippen MR) is 68.6 cm³/mol. The molecule has 1 fully saturated rings. The maximum atomic E-state index is 8.68. The molecule has 0 amide bonds. The van der Waals surface area contributed by atoms with E-state index in [1.807, 2.05) is 12.1 Å². The van der Waals surface area contributed by atoms with Gasteiger partial charge in [-0.05, 0) is 30.9 Å². The lowest BCUT2D eigenvalue weighted by molar-refractivity contribution is 0.327. The van der Waals surface area contributed by atoms with Crippen molar-refractivity contribution in [2.45, 2.75) is 45.1 Å². The summed E-state index contributed by atoms with van der Waals surface area (Å²) in [6.45, 7) is 2.27. The largest absolute Gasteiger partial charge is 0.381 e. The molecule has 2 rings (SSSR count). The quantitative estimate of drug-likeness (QED) is 0.864. The third-order valence-corrected chi connectivity index (χ3v) is 3.61. The van der Waals surface area contributed by atoms with Crippen molar-refractivity contribution < 1.29 is 0 Å². The molecule has 1 aromatic rings. The number of nitrogens with one attached hydrogen (secondary N) is 1. The Morgan fingerprint density at radius 1 is 1.47 bits per heavy atom. The van der Waals surface area contributed by atoms with Crippen molar-refractivity contribution in [3.05, 3.63) is 24.0 Å². The monoisotopic (exact) mass is 229 g/mol. The number of aromatic nitrogens is 1. The molecule has 1 N–H and O–H groups in total. The Bertz CT molecular complexity index is 391. The van der Waals surface area contributed by atoms with E-state index in [1.54, 1.807) is 12.3 Å². The van der Waals surface area contributed by atoms with Gasteiger partial charge in [-0.1, -0.05) is 26.2 Å². The molecule has 0 aromatic carbocycles. The van der Waals surface area contributed by atoms with Crippen LogP contribution in [0.2, 0.25) is 0 Å². The molecular formula is C14H19N3. The molecule has 17 heavy (non-hydrogen) atoms. The van der Waals surface area contributed by atoms with E-state index in [2.05, 4.69) is 17.2 Å². The number of nitriles is 1. The van der Waals surface area contributed by atoms with Crippen LogP contribution in [0.15, 0.2) is 18.3 Å². The maximum absolute atomic E-state index is 8.68. The van der Waals surface area contributed by atoms with Gasteiger partial charge in [0.05, 0.1) is 11.9 Å². The summed E-state index contributed by atoms with van der Waals surface area (Å²) in [6.07, 6.45) is 8.24. The van der Waals surface area contributed by atoms with Crippen molar-refractivity contribution in [3.63, 3.8) is 0 Å². The van der Waals surface area contributed by atoms with Crippen LogP contribution in [0.25, 0.3) is 0 Å². The predicted octanol–water partition coefficient (Wildman–Crippen LogP) is 3.33. The lowest BCUT2D eigenvalue weighted by atomic mass is 9.84. The molecule has 1 aliphatic carbocycles. The molecule has 1 heterocycles. The van der Waals surface area contributed by atoms with Crippen molar-refractivity contribution in [1.82, 2.24) is 4.98 Å². The molecule has 1 saturated carbocycles. The van der Waals surface area contributed by atoms with E-state index < -0.39 is 0 Å². The van der Waals surface area contributed by atoms with Crippen LogP contribution in [-0.2, 0) is 0 Å². The maximum Gasteiger partial charge on any atom is 0.140 e. The fraction of sp³-hybridized carbons (Fsp3) is 0.571. The third kappa shape index (κ3) is 3.20. The van der Waals surface area contributed by atoms with Gasteiger partial charge in [-0.25, -0.2) is 4.98 Å². The van der Waals surface area contributed by atoms with Crippen molar-refractivity contribution in [3.8, 4) is 6.07 Å². The van der Waals surface area contributed by atoms with E-state index in [4.69, 9.17) is 5.26 Å². The number of hydrogen-bond acceptors (Lipinski definition) is 3. The Kier molecular flexibility index (Phi) is 3.98. The van der Waals surface area contributed by atoms with Crippen LogP contribution in [-0.4, -0.2) is 11.0 Å². The van der Waals surface area contributed by atoms with E-state index in [0.29, 0.717) is 11.7 Å². The molecule has 1 aliphatic rings. The zero-order valence-corrected chi connectivity index (χ0v) is 10.3. The summed E-state index contributed by atoms with van der Waals surface area (Å²) in [5, 5.41) is 12.2. The minimum absolute atomic E-state index is 0.477. The van der Waals surface area contributed by atoms with Crippen LogP contribution in [0, 0.1) is 17.2 Å². The van der Waals surface area contributed by atoms with Crippen LogP contribution < -0.4 is 5.32 Å². The Morgan fingerprint density at radius 2 is 2.35 bits per heavy atom. The molecule has 3 nitrogen and oxygen atoms in total. The molecule has 2 atom stereocenters. The van der Waals surface area contributed by atoms with Crippen LogP contribution in [0.5, 0.6) is 0 Å². The molecular weight excluding hydrogens is 210 g/mol. The van der Waals surface area contributed by atoms with Gasteiger partial charge < -0.3 is 5.32 Å². The Balaban J connectivity index is 1.93. The summed E-state index contributed by atoms with van der Waals surface area (Å²) in [5.74, 6) is 0.868. The van der Waals surface area contributed by atoms with Gasteiger partial charge in [0.15, 0.2) is 0 Å². The normalized spacial score (nSPS) is 24.0. The third-order valence-electron chi connectivity index (χ3n) is 3.61. The first kappa shape index (κ1) is 11.9. The van der Waals surface area contributed by atoms with Crippen LogP contribution in [0.4, 0.5) is 5.69 Å². The van der Waals surface area contributed by atoms with Crippen LogP contribution in [0.3, 0.4) is 0 Å². The molecule has 2 unspecified atom stereocenters. The fourth-order valence-corrected chi connectivity index (χ4v) is 2.57. The number of pyridine rings is 1. The van der Waals surface area contributed by atoms with E-state index in [9.17, 15) is 0 Å². The Hall–Kier alpha value is -1.56. The lowest BCUT2D eigenvalue weighted by Gasteiger charge is -2.29. The summed E-state index contributed by atoms with van der Waals surface area (Å²) in [7, 11) is 0. The standard InChI is InChI=1S/C14H19N3/c1-2-11-4-3-5-12(8-11)17-14-7-6-13(9-15)16-10-14/h6-7,10-12,17H,2-5,8H2,1H3. The second-order valence-electron chi connectivity index (χ2n) is 4.83. The smallest absolute Gasteiger partial charge is 0.140 e. The van der Waals surface area contributed by atoms with E-state index in [1.165, 1.54) is 32.1 Å². The van der Waals surface area contributed by atoms with Crippen molar-refractivity contribution in [1.29, 1.82) is 5.26 Å². The van der Waals surface area contributed by atoms with E-state index in [0.717, 1.165) is 11.6 Å². The van der Waals surface area contributed by atoms with E-state index >= 15 is 0 Å². The van der Waals surface area contributed by atoms with Gasteiger partial charge in [-0.3, -0.25) is 0 Å². The zero-order chi connectivity index (χ0) is 12.1.